The van der Waals surface area contributed by atoms with Crippen molar-refractivity contribution in [3.8, 4) is 17.0 Å². The van der Waals surface area contributed by atoms with E-state index < -0.39 is 0 Å². The summed E-state index contributed by atoms with van der Waals surface area (Å²) in [7, 11) is 0. The van der Waals surface area contributed by atoms with Crippen molar-refractivity contribution >= 4 is 11.5 Å². The second-order valence-electron chi connectivity index (χ2n) is 6.10. The van der Waals surface area contributed by atoms with Crippen LogP contribution in [0.15, 0.2) is 30.3 Å². The zero-order chi connectivity index (χ0) is 15.8. The Morgan fingerprint density at radius 3 is 3.00 bits per heavy atom. The highest BCUT2D eigenvalue weighted by Gasteiger charge is 2.35. The summed E-state index contributed by atoms with van der Waals surface area (Å²) in [5, 5.41) is 25.8. The fraction of sp³-hybridized carbons (Fsp3) is 0.412. The number of hydrogen-bond acceptors (Lipinski definition) is 6. The molecule has 23 heavy (non-hydrogen) atoms. The van der Waals surface area contributed by atoms with Gasteiger partial charge >= 0.3 is 0 Å². The van der Waals surface area contributed by atoms with Crippen molar-refractivity contribution in [3.05, 3.63) is 30.3 Å². The SMILES string of the molecule is CCC1Nc2nnc(-c3ccccc3O)cc2N2CCNCC12. The highest BCUT2D eigenvalue weighted by Crippen LogP contribution is 2.37. The van der Waals surface area contributed by atoms with Gasteiger partial charge in [0.15, 0.2) is 5.82 Å². The Labute approximate surface area is 135 Å². The fourth-order valence-electron chi connectivity index (χ4n) is 3.56. The Morgan fingerprint density at radius 1 is 1.30 bits per heavy atom. The minimum absolute atomic E-state index is 0.230. The Balaban J connectivity index is 1.78. The van der Waals surface area contributed by atoms with Gasteiger partial charge in [0.05, 0.1) is 17.4 Å². The lowest BCUT2D eigenvalue weighted by Gasteiger charge is -2.46. The van der Waals surface area contributed by atoms with E-state index in [1.807, 2.05) is 24.3 Å². The van der Waals surface area contributed by atoms with Gasteiger partial charge in [-0.2, -0.15) is 0 Å². The van der Waals surface area contributed by atoms with E-state index in [0.717, 1.165) is 37.6 Å². The maximum Gasteiger partial charge on any atom is 0.172 e. The summed E-state index contributed by atoms with van der Waals surface area (Å²) in [6.45, 7) is 5.10. The van der Waals surface area contributed by atoms with Crippen LogP contribution in [0.25, 0.3) is 11.3 Å². The number of fused-ring (bicyclic) bond motifs is 3. The van der Waals surface area contributed by atoms with Crippen molar-refractivity contribution in [2.45, 2.75) is 25.4 Å². The number of benzene rings is 1. The molecule has 1 saturated heterocycles. The van der Waals surface area contributed by atoms with Crippen LogP contribution in [-0.4, -0.2) is 47.0 Å². The smallest absolute Gasteiger partial charge is 0.172 e. The van der Waals surface area contributed by atoms with E-state index >= 15 is 0 Å². The Bertz CT molecular complexity index is 720. The van der Waals surface area contributed by atoms with Gasteiger partial charge in [-0.3, -0.25) is 0 Å². The Morgan fingerprint density at radius 2 is 2.17 bits per heavy atom. The van der Waals surface area contributed by atoms with E-state index in [0.29, 0.717) is 23.3 Å². The summed E-state index contributed by atoms with van der Waals surface area (Å²) >= 11 is 0. The van der Waals surface area contributed by atoms with Crippen LogP contribution in [0.5, 0.6) is 5.75 Å². The molecule has 1 aromatic heterocycles. The van der Waals surface area contributed by atoms with Gasteiger partial charge in [-0.25, -0.2) is 0 Å². The average molecular weight is 311 g/mol. The largest absolute Gasteiger partial charge is 0.507 e. The summed E-state index contributed by atoms with van der Waals surface area (Å²) in [5.74, 6) is 1.07. The number of hydrogen-bond donors (Lipinski definition) is 3. The molecular weight excluding hydrogens is 290 g/mol. The molecule has 2 aromatic rings. The molecule has 2 atom stereocenters. The predicted octanol–water partition coefficient (Wildman–Crippen LogP) is 1.83. The van der Waals surface area contributed by atoms with Gasteiger partial charge < -0.3 is 20.6 Å². The average Bonchev–Trinajstić information content (AvgIpc) is 2.61. The zero-order valence-corrected chi connectivity index (χ0v) is 13.2. The van der Waals surface area contributed by atoms with Gasteiger partial charge in [0.2, 0.25) is 0 Å². The van der Waals surface area contributed by atoms with Gasteiger partial charge in [-0.15, -0.1) is 10.2 Å². The van der Waals surface area contributed by atoms with E-state index in [1.54, 1.807) is 6.07 Å². The van der Waals surface area contributed by atoms with Crippen LogP contribution in [0, 0.1) is 0 Å². The molecule has 6 heteroatoms. The van der Waals surface area contributed by atoms with Gasteiger partial charge in [0.25, 0.3) is 0 Å². The number of nitrogens with one attached hydrogen (secondary N) is 2. The van der Waals surface area contributed by atoms with Crippen LogP contribution in [-0.2, 0) is 0 Å². The first-order valence-corrected chi connectivity index (χ1v) is 8.18. The number of piperazine rings is 1. The molecule has 0 bridgehead atoms. The number of phenols is 1. The molecule has 3 N–H and O–H groups in total. The van der Waals surface area contributed by atoms with Crippen molar-refractivity contribution in [2.75, 3.05) is 29.9 Å². The third-order valence-corrected chi connectivity index (χ3v) is 4.77. The third kappa shape index (κ3) is 2.39. The number of para-hydroxylation sites is 1. The van der Waals surface area contributed by atoms with Crippen LogP contribution in [0.4, 0.5) is 11.5 Å². The molecule has 4 rings (SSSR count). The van der Waals surface area contributed by atoms with E-state index in [4.69, 9.17) is 0 Å². The molecule has 2 aliphatic rings. The summed E-state index contributed by atoms with van der Waals surface area (Å²) in [4.78, 5) is 2.43. The first-order chi connectivity index (χ1) is 11.3. The van der Waals surface area contributed by atoms with Crippen LogP contribution >= 0.6 is 0 Å². The second-order valence-corrected chi connectivity index (χ2v) is 6.10. The molecule has 6 nitrogen and oxygen atoms in total. The fourth-order valence-corrected chi connectivity index (χ4v) is 3.56. The summed E-state index contributed by atoms with van der Waals surface area (Å²) in [5.41, 5.74) is 2.50. The van der Waals surface area contributed by atoms with Crippen LogP contribution < -0.4 is 15.5 Å². The van der Waals surface area contributed by atoms with Gasteiger partial charge in [0.1, 0.15) is 5.75 Å². The summed E-state index contributed by atoms with van der Waals surface area (Å²) in [6.07, 6.45) is 1.05. The zero-order valence-electron chi connectivity index (χ0n) is 13.2. The number of aromatic nitrogens is 2. The lowest BCUT2D eigenvalue weighted by Crippen LogP contribution is -2.60. The van der Waals surface area contributed by atoms with Crippen LogP contribution in [0.3, 0.4) is 0 Å². The summed E-state index contributed by atoms with van der Waals surface area (Å²) < 4.78 is 0. The van der Waals surface area contributed by atoms with Gasteiger partial charge in [-0.05, 0) is 24.6 Å². The molecule has 1 aromatic carbocycles. The molecule has 120 valence electrons. The quantitative estimate of drug-likeness (QED) is 0.786. The maximum absolute atomic E-state index is 10.1. The highest BCUT2D eigenvalue weighted by atomic mass is 16.3. The number of aromatic hydroxyl groups is 1. The molecule has 2 aliphatic heterocycles. The number of phenolic OH excluding ortho intramolecular Hbond substituents is 1. The van der Waals surface area contributed by atoms with Gasteiger partial charge in [-0.1, -0.05) is 19.1 Å². The predicted molar refractivity (Wildman–Crippen MR) is 90.8 cm³/mol. The molecule has 0 spiro atoms. The highest BCUT2D eigenvalue weighted by molar-refractivity contribution is 5.76. The summed E-state index contributed by atoms with van der Waals surface area (Å²) in [6, 6.07) is 10.1. The lowest BCUT2D eigenvalue weighted by molar-refractivity contribution is 0.412. The molecule has 0 aliphatic carbocycles. The topological polar surface area (TPSA) is 73.3 Å². The molecular formula is C17H21N5O. The standard InChI is InChI=1S/C17H21N5O/c1-2-12-15-10-18-7-8-22(15)14-9-13(20-21-17(14)19-12)11-5-3-4-6-16(11)23/h3-6,9,12,15,18,23H,2,7-8,10H2,1H3,(H,19,21). The van der Waals surface area contributed by atoms with Crippen molar-refractivity contribution in [2.24, 2.45) is 0 Å². The molecule has 1 fully saturated rings. The van der Waals surface area contributed by atoms with Crippen molar-refractivity contribution in [3.63, 3.8) is 0 Å². The first kappa shape index (κ1) is 14.3. The lowest BCUT2D eigenvalue weighted by atomic mass is 9.97. The Kier molecular flexibility index (Phi) is 3.53. The minimum atomic E-state index is 0.230. The van der Waals surface area contributed by atoms with E-state index in [2.05, 4.69) is 32.7 Å². The third-order valence-electron chi connectivity index (χ3n) is 4.77. The number of nitrogens with zero attached hydrogens (tertiary/aromatic N) is 3. The monoisotopic (exact) mass is 311 g/mol. The van der Waals surface area contributed by atoms with E-state index in [1.165, 1.54) is 0 Å². The molecule has 0 amide bonds. The second kappa shape index (κ2) is 5.70. The first-order valence-electron chi connectivity index (χ1n) is 8.18. The van der Waals surface area contributed by atoms with Crippen molar-refractivity contribution in [1.82, 2.24) is 15.5 Å². The minimum Gasteiger partial charge on any atom is -0.507 e. The van der Waals surface area contributed by atoms with Crippen LogP contribution in [0.2, 0.25) is 0 Å². The van der Waals surface area contributed by atoms with Crippen molar-refractivity contribution < 1.29 is 5.11 Å². The molecule has 2 unspecified atom stereocenters. The van der Waals surface area contributed by atoms with Crippen LogP contribution in [0.1, 0.15) is 13.3 Å². The van der Waals surface area contributed by atoms with E-state index in [9.17, 15) is 5.11 Å². The molecule has 0 saturated carbocycles. The number of anilines is 2. The van der Waals surface area contributed by atoms with E-state index in [-0.39, 0.29) is 5.75 Å². The molecule has 3 heterocycles. The Hall–Kier alpha value is -2.34. The van der Waals surface area contributed by atoms with Crippen molar-refractivity contribution in [1.29, 1.82) is 0 Å². The maximum atomic E-state index is 10.1. The molecule has 0 radical (unpaired) electrons. The number of rotatable bonds is 2. The normalized spacial score (nSPS) is 22.9. The van der Waals surface area contributed by atoms with Gasteiger partial charge in [0, 0.05) is 31.2 Å².